The fraction of sp³-hybridized carbons (Fsp3) is 0.0909. The van der Waals surface area contributed by atoms with E-state index in [0.717, 1.165) is 29.5 Å². The first-order valence-electron chi connectivity index (χ1n) is 8.92. The fourth-order valence-corrected chi connectivity index (χ4v) is 3.62. The molecular weight excluding hydrogens is 413 g/mol. The quantitative estimate of drug-likeness (QED) is 0.499. The summed E-state index contributed by atoms with van der Waals surface area (Å²) in [5.74, 6) is 1.10. The normalized spacial score (nSPS) is 17.0. The molecule has 0 radical (unpaired) electrons. The number of aliphatic imine (C=N–C) groups is 1. The molecule has 0 aliphatic carbocycles. The fourth-order valence-electron chi connectivity index (χ4n) is 2.90. The summed E-state index contributed by atoms with van der Waals surface area (Å²) in [6.07, 6.45) is -2.80. The predicted molar refractivity (Wildman–Crippen MR) is 112 cm³/mol. The summed E-state index contributed by atoms with van der Waals surface area (Å²) in [5, 5.41) is 2.43. The van der Waals surface area contributed by atoms with E-state index in [1.807, 2.05) is 31.2 Å². The van der Waals surface area contributed by atoms with E-state index in [4.69, 9.17) is 4.42 Å². The van der Waals surface area contributed by atoms with Crippen LogP contribution in [0.15, 0.2) is 75.0 Å². The Hall–Kier alpha value is -3.26. The minimum Gasteiger partial charge on any atom is -0.457 e. The molecule has 0 atom stereocenters. The smallest absolute Gasteiger partial charge is 0.416 e. The second-order valence-electron chi connectivity index (χ2n) is 6.60. The van der Waals surface area contributed by atoms with E-state index < -0.39 is 11.7 Å². The molecule has 1 aliphatic rings. The summed E-state index contributed by atoms with van der Waals surface area (Å²) in [6.45, 7) is 1.95. The van der Waals surface area contributed by atoms with E-state index in [-0.39, 0.29) is 5.24 Å². The molecule has 2 heterocycles. The van der Waals surface area contributed by atoms with Crippen LogP contribution in [0.3, 0.4) is 0 Å². The third kappa shape index (κ3) is 4.49. The molecule has 4 rings (SSSR count). The Bertz CT molecular complexity index is 1180. The summed E-state index contributed by atoms with van der Waals surface area (Å²) < 4.78 is 44.5. The lowest BCUT2D eigenvalue weighted by Gasteiger charge is -2.07. The molecular formula is C22H15F3N2O2S. The lowest BCUT2D eigenvalue weighted by atomic mass is 10.1. The van der Waals surface area contributed by atoms with Gasteiger partial charge in [0, 0.05) is 5.56 Å². The van der Waals surface area contributed by atoms with E-state index in [0.29, 0.717) is 33.5 Å². The highest BCUT2D eigenvalue weighted by molar-refractivity contribution is 8.18. The van der Waals surface area contributed by atoms with Crippen LogP contribution in [-0.2, 0) is 6.18 Å². The van der Waals surface area contributed by atoms with Gasteiger partial charge in [0.05, 0.1) is 16.2 Å². The number of nitrogens with one attached hydrogen (secondary N) is 1. The summed E-state index contributed by atoms with van der Waals surface area (Å²) in [5.41, 5.74) is 1.31. The first-order valence-corrected chi connectivity index (χ1v) is 9.73. The number of thioether (sulfide) groups is 1. The summed E-state index contributed by atoms with van der Waals surface area (Å²) in [4.78, 5) is 16.9. The molecule has 1 saturated heterocycles. The first kappa shape index (κ1) is 20.0. The molecule has 1 aliphatic heterocycles. The van der Waals surface area contributed by atoms with Crippen molar-refractivity contribution in [2.75, 3.05) is 0 Å². The van der Waals surface area contributed by atoms with Gasteiger partial charge in [-0.05, 0) is 66.7 Å². The zero-order valence-electron chi connectivity index (χ0n) is 15.7. The second kappa shape index (κ2) is 7.87. The minimum atomic E-state index is -4.43. The molecule has 0 unspecified atom stereocenters. The van der Waals surface area contributed by atoms with Crippen molar-refractivity contribution in [3.8, 4) is 11.3 Å². The SMILES string of the molecule is Cc1cccc(N=C2NC(=O)S/C2=C\c2ccc(-c3cccc(C(F)(F)F)c3)o2)c1. The average molecular weight is 428 g/mol. The first-order chi connectivity index (χ1) is 14.3. The van der Waals surface area contributed by atoms with Crippen LogP contribution in [0.1, 0.15) is 16.9 Å². The molecule has 30 heavy (non-hydrogen) atoms. The Morgan fingerprint density at radius 2 is 1.87 bits per heavy atom. The number of hydrogen-bond donors (Lipinski definition) is 1. The van der Waals surface area contributed by atoms with Crippen LogP contribution < -0.4 is 5.32 Å². The molecule has 2 aromatic carbocycles. The summed E-state index contributed by atoms with van der Waals surface area (Å²) >= 11 is 0.974. The molecule has 1 amide bonds. The van der Waals surface area contributed by atoms with Crippen LogP contribution in [0, 0.1) is 6.92 Å². The average Bonchev–Trinajstić information content (AvgIpc) is 3.28. The van der Waals surface area contributed by atoms with Gasteiger partial charge in [0.25, 0.3) is 5.24 Å². The standard InChI is InChI=1S/C22H15F3N2O2S/c1-13-4-2-7-16(10-13)26-20-19(30-21(28)27-20)12-17-8-9-18(29-17)14-5-3-6-15(11-14)22(23,24)25/h2-12H,1H3,(H,26,27,28)/b19-12-. The van der Waals surface area contributed by atoms with Crippen molar-refractivity contribution in [1.82, 2.24) is 5.32 Å². The number of aryl methyl sites for hydroxylation is 1. The van der Waals surface area contributed by atoms with E-state index in [1.165, 1.54) is 6.07 Å². The van der Waals surface area contributed by atoms with E-state index in [1.54, 1.807) is 24.3 Å². The number of nitrogens with zero attached hydrogens (tertiary/aromatic N) is 1. The van der Waals surface area contributed by atoms with Gasteiger partial charge < -0.3 is 9.73 Å². The largest absolute Gasteiger partial charge is 0.457 e. The summed E-state index contributed by atoms with van der Waals surface area (Å²) in [7, 11) is 0. The van der Waals surface area contributed by atoms with Crippen LogP contribution in [0.4, 0.5) is 23.7 Å². The highest BCUT2D eigenvalue weighted by Crippen LogP contribution is 2.34. The Labute approximate surface area is 174 Å². The van der Waals surface area contributed by atoms with Gasteiger partial charge in [-0.1, -0.05) is 24.3 Å². The molecule has 1 fully saturated rings. The zero-order chi connectivity index (χ0) is 21.3. The maximum absolute atomic E-state index is 12.9. The van der Waals surface area contributed by atoms with Crippen LogP contribution in [0.25, 0.3) is 17.4 Å². The molecule has 1 N–H and O–H groups in total. The number of benzene rings is 2. The van der Waals surface area contributed by atoms with Crippen molar-refractivity contribution in [2.45, 2.75) is 13.1 Å². The van der Waals surface area contributed by atoms with Crippen molar-refractivity contribution in [1.29, 1.82) is 0 Å². The lowest BCUT2D eigenvalue weighted by molar-refractivity contribution is -0.137. The van der Waals surface area contributed by atoms with Gasteiger partial charge in [-0.15, -0.1) is 0 Å². The number of hydrogen-bond acceptors (Lipinski definition) is 4. The summed E-state index contributed by atoms with van der Waals surface area (Å²) in [6, 6.07) is 15.7. The number of alkyl halides is 3. The molecule has 0 saturated carbocycles. The number of halogens is 3. The third-order valence-corrected chi connectivity index (χ3v) is 5.09. The maximum Gasteiger partial charge on any atom is 0.416 e. The molecule has 0 bridgehead atoms. The monoisotopic (exact) mass is 428 g/mol. The van der Waals surface area contributed by atoms with Crippen molar-refractivity contribution < 1.29 is 22.4 Å². The minimum absolute atomic E-state index is 0.266. The van der Waals surface area contributed by atoms with Gasteiger partial charge in [-0.2, -0.15) is 13.2 Å². The number of rotatable bonds is 3. The third-order valence-electron chi connectivity index (χ3n) is 4.27. The predicted octanol–water partition coefficient (Wildman–Crippen LogP) is 6.80. The molecule has 0 spiro atoms. The van der Waals surface area contributed by atoms with Gasteiger partial charge in [0.15, 0.2) is 0 Å². The maximum atomic E-state index is 12.9. The van der Waals surface area contributed by atoms with E-state index in [9.17, 15) is 18.0 Å². The Morgan fingerprint density at radius 3 is 2.63 bits per heavy atom. The van der Waals surface area contributed by atoms with Crippen molar-refractivity contribution >= 4 is 34.6 Å². The zero-order valence-corrected chi connectivity index (χ0v) is 16.5. The van der Waals surface area contributed by atoms with Crippen LogP contribution >= 0.6 is 11.8 Å². The van der Waals surface area contributed by atoms with Crippen molar-refractivity contribution in [2.24, 2.45) is 4.99 Å². The van der Waals surface area contributed by atoms with Gasteiger partial charge in [0.1, 0.15) is 17.4 Å². The van der Waals surface area contributed by atoms with Gasteiger partial charge in [-0.25, -0.2) is 4.99 Å². The number of carbonyl (C=O) groups excluding carboxylic acids is 1. The Balaban J connectivity index is 1.64. The molecule has 1 aromatic heterocycles. The van der Waals surface area contributed by atoms with Gasteiger partial charge in [-0.3, -0.25) is 4.79 Å². The Kier molecular flexibility index (Phi) is 5.26. The molecule has 3 aromatic rings. The molecule has 152 valence electrons. The lowest BCUT2D eigenvalue weighted by Crippen LogP contribution is -2.18. The highest BCUT2D eigenvalue weighted by atomic mass is 32.2. The Morgan fingerprint density at radius 1 is 1.07 bits per heavy atom. The van der Waals surface area contributed by atoms with Crippen molar-refractivity contribution in [3.05, 3.63) is 82.5 Å². The van der Waals surface area contributed by atoms with Gasteiger partial charge in [0.2, 0.25) is 0 Å². The number of furan rings is 1. The van der Waals surface area contributed by atoms with E-state index in [2.05, 4.69) is 10.3 Å². The number of carbonyl (C=O) groups is 1. The molecule has 4 nitrogen and oxygen atoms in total. The number of amidine groups is 1. The van der Waals surface area contributed by atoms with Gasteiger partial charge >= 0.3 is 6.18 Å². The van der Waals surface area contributed by atoms with Crippen LogP contribution in [-0.4, -0.2) is 11.1 Å². The highest BCUT2D eigenvalue weighted by Gasteiger charge is 2.30. The van der Waals surface area contributed by atoms with Crippen molar-refractivity contribution in [3.63, 3.8) is 0 Å². The second-order valence-corrected chi connectivity index (χ2v) is 7.62. The number of amides is 1. The van der Waals surface area contributed by atoms with E-state index >= 15 is 0 Å². The van der Waals surface area contributed by atoms with Crippen LogP contribution in [0.5, 0.6) is 0 Å². The molecule has 8 heteroatoms. The van der Waals surface area contributed by atoms with Crippen LogP contribution in [0.2, 0.25) is 0 Å². The topological polar surface area (TPSA) is 54.6 Å².